The van der Waals surface area contributed by atoms with Gasteiger partial charge in [0.2, 0.25) is 0 Å². The zero-order chi connectivity index (χ0) is 18.8. The predicted octanol–water partition coefficient (Wildman–Crippen LogP) is 3.74. The van der Waals surface area contributed by atoms with Crippen molar-refractivity contribution in [3.05, 3.63) is 73.8 Å². The summed E-state index contributed by atoms with van der Waals surface area (Å²) in [5.41, 5.74) is -4.38. The van der Waals surface area contributed by atoms with Crippen LogP contribution in [0.15, 0.2) is 42.5 Å². The maximum absolute atomic E-state index is 12.8. The fraction of sp³-hybridized carbons (Fsp3) is 0.0714. The van der Waals surface area contributed by atoms with Gasteiger partial charge in [-0.1, -0.05) is 18.2 Å². The van der Waals surface area contributed by atoms with E-state index in [0.29, 0.717) is 0 Å². The monoisotopic (exact) mass is 356 g/mol. The van der Waals surface area contributed by atoms with Crippen molar-refractivity contribution < 1.29 is 32.5 Å². The summed E-state index contributed by atoms with van der Waals surface area (Å²) >= 11 is 0. The fourth-order valence-electron chi connectivity index (χ4n) is 1.86. The third kappa shape index (κ3) is 3.88. The van der Waals surface area contributed by atoms with Gasteiger partial charge in [0.25, 0.3) is 5.75 Å². The van der Waals surface area contributed by atoms with Crippen LogP contribution in [-0.2, 0) is 6.18 Å². The van der Waals surface area contributed by atoms with Crippen LogP contribution in [0.3, 0.4) is 0 Å². The molecule has 0 aliphatic heterocycles. The van der Waals surface area contributed by atoms with Gasteiger partial charge in [0.15, 0.2) is 0 Å². The van der Waals surface area contributed by atoms with E-state index in [1.165, 1.54) is 24.3 Å². The van der Waals surface area contributed by atoms with Gasteiger partial charge in [-0.3, -0.25) is 20.2 Å². The van der Waals surface area contributed by atoms with Crippen molar-refractivity contribution in [2.75, 3.05) is 0 Å². The minimum Gasteiger partial charge on any atom is -0.408 e. The molecule has 2 aromatic rings. The number of benzene rings is 2. The summed E-state index contributed by atoms with van der Waals surface area (Å²) in [5.74, 6) is -2.36. The first kappa shape index (κ1) is 17.8. The van der Waals surface area contributed by atoms with Crippen LogP contribution in [0.1, 0.15) is 15.9 Å². The molecule has 0 fully saturated rings. The summed E-state index contributed by atoms with van der Waals surface area (Å²) in [7, 11) is 0. The highest BCUT2D eigenvalue weighted by Gasteiger charge is 2.39. The van der Waals surface area contributed by atoms with Gasteiger partial charge in [-0.25, -0.2) is 4.79 Å². The number of nitro groups is 2. The molecular weight excluding hydrogens is 349 g/mol. The minimum atomic E-state index is -5.06. The third-order valence-corrected chi connectivity index (χ3v) is 2.97. The second-order valence-corrected chi connectivity index (χ2v) is 4.61. The number of nitro benzene ring substituents is 2. The summed E-state index contributed by atoms with van der Waals surface area (Å²) in [6.45, 7) is 0. The first-order valence-corrected chi connectivity index (χ1v) is 6.42. The lowest BCUT2D eigenvalue weighted by Gasteiger charge is -2.10. The van der Waals surface area contributed by atoms with Crippen LogP contribution in [-0.4, -0.2) is 15.8 Å². The van der Waals surface area contributed by atoms with Crippen LogP contribution in [0.25, 0.3) is 0 Å². The van der Waals surface area contributed by atoms with Crippen LogP contribution in [0, 0.1) is 20.2 Å². The van der Waals surface area contributed by atoms with Crippen molar-refractivity contribution in [1.82, 2.24) is 0 Å². The standard InChI is InChI=1S/C14H7F3N2O6/c15-14(16,17)9-6-10(18(21)22)12(11(7-9)19(23)24)25-13(20)8-4-2-1-3-5-8/h1-7H. The number of hydrogen-bond donors (Lipinski definition) is 0. The highest BCUT2D eigenvalue weighted by Crippen LogP contribution is 2.42. The zero-order valence-corrected chi connectivity index (χ0v) is 12.0. The molecule has 2 aromatic carbocycles. The Morgan fingerprint density at radius 2 is 1.44 bits per heavy atom. The van der Waals surface area contributed by atoms with Crippen LogP contribution >= 0.6 is 0 Å². The quantitative estimate of drug-likeness (QED) is 0.357. The number of alkyl halides is 3. The highest BCUT2D eigenvalue weighted by atomic mass is 19.4. The topological polar surface area (TPSA) is 113 Å². The van der Waals surface area contributed by atoms with Gasteiger partial charge in [-0.15, -0.1) is 0 Å². The van der Waals surface area contributed by atoms with Crippen molar-refractivity contribution >= 4 is 17.3 Å². The van der Waals surface area contributed by atoms with Crippen molar-refractivity contribution in [2.24, 2.45) is 0 Å². The molecule has 0 aromatic heterocycles. The van der Waals surface area contributed by atoms with Gasteiger partial charge < -0.3 is 4.74 Å². The van der Waals surface area contributed by atoms with Gasteiger partial charge in [0.1, 0.15) is 0 Å². The summed E-state index contributed by atoms with van der Waals surface area (Å²) in [6, 6.07) is 7.10. The average Bonchev–Trinajstić information content (AvgIpc) is 2.54. The smallest absolute Gasteiger partial charge is 0.408 e. The first-order valence-electron chi connectivity index (χ1n) is 6.42. The van der Waals surface area contributed by atoms with E-state index in [9.17, 15) is 38.2 Å². The Balaban J connectivity index is 2.61. The molecule has 130 valence electrons. The van der Waals surface area contributed by atoms with Gasteiger partial charge in [0.05, 0.1) is 21.0 Å². The molecule has 0 atom stereocenters. The number of nitrogens with zero attached hydrogens (tertiary/aromatic N) is 2. The van der Waals surface area contributed by atoms with E-state index in [4.69, 9.17) is 0 Å². The molecule has 0 aliphatic carbocycles. The molecular formula is C14H7F3N2O6. The van der Waals surface area contributed by atoms with Gasteiger partial charge in [-0.05, 0) is 12.1 Å². The summed E-state index contributed by atoms with van der Waals surface area (Å²) in [6.07, 6.45) is -5.06. The number of carbonyl (C=O) groups excluding carboxylic acids is 1. The number of rotatable bonds is 4. The lowest BCUT2D eigenvalue weighted by atomic mass is 10.1. The molecule has 0 spiro atoms. The van der Waals surface area contributed by atoms with Crippen LogP contribution in [0.2, 0.25) is 0 Å². The molecule has 0 radical (unpaired) electrons. The molecule has 0 N–H and O–H groups in total. The predicted molar refractivity (Wildman–Crippen MR) is 76.2 cm³/mol. The average molecular weight is 356 g/mol. The molecule has 0 unspecified atom stereocenters. The number of carbonyl (C=O) groups is 1. The largest absolute Gasteiger partial charge is 0.416 e. The zero-order valence-electron chi connectivity index (χ0n) is 12.0. The van der Waals surface area contributed by atoms with E-state index in [1.54, 1.807) is 6.07 Å². The Kier molecular flexibility index (Phi) is 4.68. The fourth-order valence-corrected chi connectivity index (χ4v) is 1.86. The second-order valence-electron chi connectivity index (χ2n) is 4.61. The molecule has 0 saturated heterocycles. The normalized spacial score (nSPS) is 11.0. The van der Waals surface area contributed by atoms with Crippen LogP contribution in [0.4, 0.5) is 24.5 Å². The van der Waals surface area contributed by atoms with Crippen molar-refractivity contribution in [2.45, 2.75) is 6.18 Å². The molecule has 25 heavy (non-hydrogen) atoms. The Morgan fingerprint density at radius 1 is 0.960 bits per heavy atom. The lowest BCUT2D eigenvalue weighted by molar-refractivity contribution is -0.396. The summed E-state index contributed by atoms with van der Waals surface area (Å²) < 4.78 is 43.0. The lowest BCUT2D eigenvalue weighted by Crippen LogP contribution is -2.13. The van der Waals surface area contributed by atoms with Crippen LogP contribution < -0.4 is 4.74 Å². The van der Waals surface area contributed by atoms with Crippen molar-refractivity contribution in [3.8, 4) is 5.75 Å². The molecule has 0 bridgehead atoms. The first-order chi connectivity index (χ1) is 11.6. The van der Waals surface area contributed by atoms with E-state index in [2.05, 4.69) is 4.74 Å². The number of esters is 1. The maximum atomic E-state index is 12.8. The number of halogens is 3. The van der Waals surface area contributed by atoms with Gasteiger partial charge in [0, 0.05) is 12.1 Å². The maximum Gasteiger partial charge on any atom is 0.416 e. The Labute approximate surface area is 136 Å². The van der Waals surface area contributed by atoms with Crippen molar-refractivity contribution in [3.63, 3.8) is 0 Å². The van der Waals surface area contributed by atoms with E-state index in [0.717, 1.165) is 0 Å². The molecule has 0 amide bonds. The van der Waals surface area contributed by atoms with E-state index in [1.807, 2.05) is 0 Å². The molecule has 0 heterocycles. The SMILES string of the molecule is O=C(Oc1c([N+](=O)[O-])cc(C(F)(F)F)cc1[N+](=O)[O-])c1ccccc1. The summed E-state index contributed by atoms with van der Waals surface area (Å²) in [4.78, 5) is 31.4. The Bertz CT molecular complexity index is 816. The number of ether oxygens (including phenoxy) is 1. The number of hydrogen-bond acceptors (Lipinski definition) is 6. The molecule has 2 rings (SSSR count). The van der Waals surface area contributed by atoms with E-state index >= 15 is 0 Å². The van der Waals surface area contributed by atoms with E-state index < -0.39 is 44.7 Å². The molecule has 0 saturated carbocycles. The highest BCUT2D eigenvalue weighted by molar-refractivity contribution is 5.92. The molecule has 8 nitrogen and oxygen atoms in total. The minimum absolute atomic E-state index is 0.0700. The summed E-state index contributed by atoms with van der Waals surface area (Å²) in [5, 5.41) is 22.0. The van der Waals surface area contributed by atoms with E-state index in [-0.39, 0.29) is 17.7 Å². The third-order valence-electron chi connectivity index (χ3n) is 2.97. The Hall–Kier alpha value is -3.50. The molecule has 11 heteroatoms. The molecule has 0 aliphatic rings. The second kappa shape index (κ2) is 6.55. The van der Waals surface area contributed by atoms with Gasteiger partial charge in [-0.2, -0.15) is 13.2 Å². The Morgan fingerprint density at radius 3 is 1.84 bits per heavy atom. The van der Waals surface area contributed by atoms with Gasteiger partial charge >= 0.3 is 23.5 Å². The van der Waals surface area contributed by atoms with Crippen LogP contribution in [0.5, 0.6) is 5.75 Å². The van der Waals surface area contributed by atoms with Crippen molar-refractivity contribution in [1.29, 1.82) is 0 Å².